The van der Waals surface area contributed by atoms with Gasteiger partial charge in [0.1, 0.15) is 0 Å². The highest BCUT2D eigenvalue weighted by atomic mass is 35.5. The third-order valence-corrected chi connectivity index (χ3v) is 4.33. The van der Waals surface area contributed by atoms with E-state index in [1.165, 1.54) is 23.9 Å². The minimum atomic E-state index is -5.10. The second-order valence-electron chi connectivity index (χ2n) is 4.96. The van der Waals surface area contributed by atoms with Crippen LogP contribution in [0.2, 0.25) is 5.02 Å². The Balaban J connectivity index is 2.14. The minimum absolute atomic E-state index is 0.0262. The summed E-state index contributed by atoms with van der Waals surface area (Å²) in [6.45, 7) is 0.378. The molecule has 1 aromatic carbocycles. The number of nitrogens with one attached hydrogen (secondary N) is 1. The van der Waals surface area contributed by atoms with Crippen LogP contribution in [0.3, 0.4) is 0 Å². The largest absolute Gasteiger partial charge is 0.426 e. The molecular weight excluding hydrogens is 365 g/mol. The summed E-state index contributed by atoms with van der Waals surface area (Å²) in [5.41, 5.74) is -3.54. The van der Waals surface area contributed by atoms with Crippen molar-refractivity contribution in [2.75, 3.05) is 5.32 Å². The number of benzene rings is 1. The third kappa shape index (κ3) is 4.19. The van der Waals surface area contributed by atoms with E-state index in [2.05, 4.69) is 4.98 Å². The van der Waals surface area contributed by atoms with Crippen molar-refractivity contribution < 1.29 is 23.1 Å². The predicted octanol–water partition coefficient (Wildman–Crippen LogP) is 4.14. The number of anilines is 1. The van der Waals surface area contributed by atoms with Crippen LogP contribution < -0.4 is 5.32 Å². The van der Waals surface area contributed by atoms with Gasteiger partial charge in [-0.2, -0.15) is 13.2 Å². The zero-order chi connectivity index (χ0) is 18.0. The first-order valence-electron chi connectivity index (χ1n) is 6.59. The van der Waals surface area contributed by atoms with Crippen molar-refractivity contribution in [2.24, 2.45) is 0 Å². The van der Waals surface area contributed by atoms with Gasteiger partial charge in [-0.05, 0) is 37.3 Å². The number of aromatic nitrogens is 1. The van der Waals surface area contributed by atoms with Gasteiger partial charge in [-0.15, -0.1) is 0 Å². The molecule has 0 saturated carbocycles. The molecule has 0 bridgehead atoms. The van der Waals surface area contributed by atoms with Crippen LogP contribution in [0, 0.1) is 0 Å². The molecule has 4 nitrogen and oxygen atoms in total. The summed E-state index contributed by atoms with van der Waals surface area (Å²) >= 11 is 7.35. The Kier molecular flexibility index (Phi) is 5.42. The highest BCUT2D eigenvalue weighted by Gasteiger charge is 2.55. The van der Waals surface area contributed by atoms with E-state index < -0.39 is 17.7 Å². The van der Waals surface area contributed by atoms with E-state index in [-0.39, 0.29) is 10.7 Å². The van der Waals surface area contributed by atoms with Crippen molar-refractivity contribution in [2.45, 2.75) is 28.5 Å². The fourth-order valence-corrected chi connectivity index (χ4v) is 2.71. The first-order chi connectivity index (χ1) is 11.1. The molecule has 2 rings (SSSR count). The Morgan fingerprint density at radius 2 is 2.00 bits per heavy atom. The number of nitrogens with zero attached hydrogens (tertiary/aromatic N) is 1. The van der Waals surface area contributed by atoms with E-state index in [1.807, 2.05) is 11.4 Å². The Bertz CT molecular complexity index is 739. The first kappa shape index (κ1) is 18.6. The number of alkyl halides is 3. The van der Waals surface area contributed by atoms with Gasteiger partial charge in [-0.3, -0.25) is 9.78 Å². The van der Waals surface area contributed by atoms with Crippen molar-refractivity contribution in [3.63, 3.8) is 0 Å². The average molecular weight is 377 g/mol. The van der Waals surface area contributed by atoms with Crippen LogP contribution in [0.25, 0.3) is 0 Å². The number of hydrogen-bond donors (Lipinski definition) is 2. The maximum absolute atomic E-state index is 12.6. The highest BCUT2D eigenvalue weighted by Crippen LogP contribution is 2.34. The van der Waals surface area contributed by atoms with Crippen LogP contribution in [0.5, 0.6) is 0 Å². The second kappa shape index (κ2) is 7.00. The van der Waals surface area contributed by atoms with Crippen LogP contribution in [-0.4, -0.2) is 27.8 Å². The second-order valence-corrected chi connectivity index (χ2v) is 6.51. The summed E-state index contributed by atoms with van der Waals surface area (Å²) in [6.07, 6.45) is -1.82. The molecule has 1 heterocycles. The maximum atomic E-state index is 12.6. The standard InChI is InChI=1S/C15H12ClF3N2O2S/c1-14(23,15(17,18)19)13(22)21-12-5-4-9(7-11(12)16)24-10-3-2-6-20-8-10/h2-8,23H,1H3,(H,21,22)/t14-/m1/s1. The molecule has 0 saturated heterocycles. The molecule has 0 fully saturated rings. The van der Waals surface area contributed by atoms with Crippen molar-refractivity contribution in [3.05, 3.63) is 47.7 Å². The Morgan fingerprint density at radius 3 is 2.54 bits per heavy atom. The summed E-state index contributed by atoms with van der Waals surface area (Å²) in [7, 11) is 0. The molecule has 1 aromatic heterocycles. The predicted molar refractivity (Wildman–Crippen MR) is 85.1 cm³/mol. The molecule has 1 atom stereocenters. The van der Waals surface area contributed by atoms with Gasteiger partial charge in [-0.1, -0.05) is 23.4 Å². The number of hydrogen-bond acceptors (Lipinski definition) is 4. The molecule has 0 unspecified atom stereocenters. The Morgan fingerprint density at radius 1 is 1.29 bits per heavy atom. The van der Waals surface area contributed by atoms with Crippen molar-refractivity contribution >= 4 is 35.0 Å². The molecule has 1 amide bonds. The lowest BCUT2D eigenvalue weighted by molar-refractivity contribution is -0.242. The zero-order valence-corrected chi connectivity index (χ0v) is 13.8. The highest BCUT2D eigenvalue weighted by molar-refractivity contribution is 7.99. The topological polar surface area (TPSA) is 62.2 Å². The molecule has 2 aromatic rings. The zero-order valence-electron chi connectivity index (χ0n) is 12.3. The molecule has 0 aliphatic rings. The molecule has 0 aliphatic carbocycles. The number of rotatable bonds is 4. The lowest BCUT2D eigenvalue weighted by Crippen LogP contribution is -2.52. The van der Waals surface area contributed by atoms with Gasteiger partial charge in [0.25, 0.3) is 5.91 Å². The van der Waals surface area contributed by atoms with Gasteiger partial charge < -0.3 is 10.4 Å². The molecular formula is C15H12ClF3N2O2S. The van der Waals surface area contributed by atoms with Gasteiger partial charge in [0.2, 0.25) is 5.60 Å². The maximum Gasteiger partial charge on any atom is 0.426 e. The van der Waals surface area contributed by atoms with E-state index >= 15 is 0 Å². The summed E-state index contributed by atoms with van der Waals surface area (Å²) in [5.74, 6) is -1.61. The summed E-state index contributed by atoms with van der Waals surface area (Å²) in [4.78, 5) is 17.2. The molecule has 0 aliphatic heterocycles. The normalized spacial score (nSPS) is 14.1. The molecule has 9 heteroatoms. The number of pyridine rings is 1. The summed E-state index contributed by atoms with van der Waals surface area (Å²) < 4.78 is 37.9. The van der Waals surface area contributed by atoms with Gasteiger partial charge in [0.05, 0.1) is 10.7 Å². The third-order valence-electron chi connectivity index (χ3n) is 3.05. The molecule has 0 radical (unpaired) electrons. The summed E-state index contributed by atoms with van der Waals surface area (Å²) in [6, 6.07) is 8.05. The number of carbonyl (C=O) groups is 1. The van der Waals surface area contributed by atoms with E-state index in [1.54, 1.807) is 24.5 Å². The molecule has 2 N–H and O–H groups in total. The molecule has 24 heavy (non-hydrogen) atoms. The van der Waals surface area contributed by atoms with Crippen molar-refractivity contribution in [3.8, 4) is 0 Å². The minimum Gasteiger partial charge on any atom is -0.373 e. The number of aliphatic hydroxyl groups is 1. The Hall–Kier alpha value is -1.77. The smallest absolute Gasteiger partial charge is 0.373 e. The van der Waals surface area contributed by atoms with Crippen molar-refractivity contribution in [1.82, 2.24) is 4.98 Å². The van der Waals surface area contributed by atoms with Gasteiger partial charge in [0.15, 0.2) is 0 Å². The lowest BCUT2D eigenvalue weighted by atomic mass is 10.1. The van der Waals surface area contributed by atoms with Gasteiger partial charge in [-0.25, -0.2) is 0 Å². The fraction of sp³-hybridized carbons (Fsp3) is 0.200. The van der Waals surface area contributed by atoms with Crippen LogP contribution in [-0.2, 0) is 4.79 Å². The average Bonchev–Trinajstić information content (AvgIpc) is 2.49. The van der Waals surface area contributed by atoms with E-state index in [0.717, 1.165) is 4.90 Å². The fourth-order valence-electron chi connectivity index (χ4n) is 1.58. The van der Waals surface area contributed by atoms with Gasteiger partial charge in [0, 0.05) is 22.2 Å². The van der Waals surface area contributed by atoms with Crippen LogP contribution >= 0.6 is 23.4 Å². The lowest BCUT2D eigenvalue weighted by Gasteiger charge is -2.25. The van der Waals surface area contributed by atoms with Crippen LogP contribution in [0.4, 0.5) is 18.9 Å². The first-order valence-corrected chi connectivity index (χ1v) is 7.78. The quantitative estimate of drug-likeness (QED) is 0.842. The van der Waals surface area contributed by atoms with E-state index in [4.69, 9.17) is 11.6 Å². The van der Waals surface area contributed by atoms with E-state index in [9.17, 15) is 23.1 Å². The van der Waals surface area contributed by atoms with Crippen LogP contribution in [0.1, 0.15) is 6.92 Å². The monoisotopic (exact) mass is 376 g/mol. The van der Waals surface area contributed by atoms with Crippen LogP contribution in [0.15, 0.2) is 52.5 Å². The number of amides is 1. The SMILES string of the molecule is C[C@@](O)(C(=O)Nc1ccc(Sc2cccnc2)cc1Cl)C(F)(F)F. The van der Waals surface area contributed by atoms with Crippen molar-refractivity contribution in [1.29, 1.82) is 0 Å². The molecule has 0 spiro atoms. The van der Waals surface area contributed by atoms with E-state index in [0.29, 0.717) is 11.8 Å². The van der Waals surface area contributed by atoms with Gasteiger partial charge >= 0.3 is 6.18 Å². The molecule has 128 valence electrons. The Labute approximate surface area is 145 Å². The number of halogens is 4. The number of carbonyl (C=O) groups excluding carboxylic acids is 1. The summed E-state index contributed by atoms with van der Waals surface area (Å²) in [5, 5.41) is 11.4.